The van der Waals surface area contributed by atoms with Gasteiger partial charge in [0.05, 0.1) is 23.9 Å². The van der Waals surface area contributed by atoms with Gasteiger partial charge in [-0.1, -0.05) is 18.2 Å². The summed E-state index contributed by atoms with van der Waals surface area (Å²) in [5.41, 5.74) is 2.93. The van der Waals surface area contributed by atoms with E-state index in [0.717, 1.165) is 17.0 Å². The van der Waals surface area contributed by atoms with Crippen molar-refractivity contribution in [1.29, 1.82) is 0 Å². The van der Waals surface area contributed by atoms with Gasteiger partial charge < -0.3 is 19.4 Å². The van der Waals surface area contributed by atoms with Gasteiger partial charge in [0.2, 0.25) is 0 Å². The Hall–Kier alpha value is -4.21. The summed E-state index contributed by atoms with van der Waals surface area (Å²) in [6.45, 7) is 5.51. The van der Waals surface area contributed by atoms with E-state index in [0.29, 0.717) is 50.3 Å². The van der Waals surface area contributed by atoms with Crippen molar-refractivity contribution in [2.75, 3.05) is 19.7 Å². The number of benzene rings is 1. The normalized spacial score (nSPS) is 13.9. The van der Waals surface area contributed by atoms with Crippen molar-refractivity contribution >= 4 is 17.7 Å². The Morgan fingerprint density at radius 2 is 1.92 bits per heavy atom. The monoisotopic (exact) mass is 492 g/mol. The van der Waals surface area contributed by atoms with Crippen molar-refractivity contribution in [2.24, 2.45) is 0 Å². The Morgan fingerprint density at radius 3 is 2.61 bits per heavy atom. The predicted molar refractivity (Wildman–Crippen MR) is 131 cm³/mol. The second-order valence-electron chi connectivity index (χ2n) is 8.57. The third-order valence-corrected chi connectivity index (χ3v) is 6.17. The molecule has 1 aromatic carbocycles. The SMILES string of the molecule is CCOc1ccccc1CNC(=O)c1ccc(C)nc1C1CCN(C(=O)c2ccc([N+](=O)[O-])o2)CC1. The van der Waals surface area contributed by atoms with Gasteiger partial charge in [0.1, 0.15) is 10.7 Å². The van der Waals surface area contributed by atoms with Crippen LogP contribution in [0.3, 0.4) is 0 Å². The highest BCUT2D eigenvalue weighted by atomic mass is 16.6. The van der Waals surface area contributed by atoms with E-state index in [1.54, 1.807) is 11.0 Å². The Bertz CT molecular complexity index is 1260. The van der Waals surface area contributed by atoms with Crippen LogP contribution in [-0.2, 0) is 6.54 Å². The fraction of sp³-hybridized carbons (Fsp3) is 0.346. The molecule has 0 spiro atoms. The number of para-hydroxylation sites is 1. The van der Waals surface area contributed by atoms with Crippen LogP contribution in [0.4, 0.5) is 5.88 Å². The number of nitrogens with zero attached hydrogens (tertiary/aromatic N) is 3. The van der Waals surface area contributed by atoms with Crippen LogP contribution in [-0.4, -0.2) is 46.3 Å². The lowest BCUT2D eigenvalue weighted by Crippen LogP contribution is -2.38. The molecule has 4 rings (SSSR count). The first kappa shape index (κ1) is 24.9. The first-order valence-electron chi connectivity index (χ1n) is 11.9. The molecule has 36 heavy (non-hydrogen) atoms. The van der Waals surface area contributed by atoms with Gasteiger partial charge in [0.15, 0.2) is 5.76 Å². The molecular weight excluding hydrogens is 464 g/mol. The molecule has 0 saturated carbocycles. The van der Waals surface area contributed by atoms with Crippen LogP contribution < -0.4 is 10.1 Å². The molecule has 0 unspecified atom stereocenters. The van der Waals surface area contributed by atoms with Crippen molar-refractivity contribution < 1.29 is 23.7 Å². The number of piperidine rings is 1. The van der Waals surface area contributed by atoms with Crippen LogP contribution in [0.1, 0.15) is 63.5 Å². The second-order valence-corrected chi connectivity index (χ2v) is 8.57. The minimum Gasteiger partial charge on any atom is -0.494 e. The van der Waals surface area contributed by atoms with Crippen molar-refractivity contribution in [3.8, 4) is 5.75 Å². The molecule has 0 atom stereocenters. The number of likely N-dealkylation sites (tertiary alicyclic amines) is 1. The number of furan rings is 1. The number of hydrogen-bond acceptors (Lipinski definition) is 7. The third kappa shape index (κ3) is 5.54. The summed E-state index contributed by atoms with van der Waals surface area (Å²) in [6, 6.07) is 13.7. The van der Waals surface area contributed by atoms with Crippen molar-refractivity contribution in [2.45, 2.75) is 39.2 Å². The highest BCUT2D eigenvalue weighted by Gasteiger charge is 2.30. The van der Waals surface area contributed by atoms with E-state index in [4.69, 9.17) is 9.15 Å². The predicted octanol–water partition coefficient (Wildman–Crippen LogP) is 4.24. The molecule has 1 N–H and O–H groups in total. The zero-order chi connectivity index (χ0) is 25.7. The average molecular weight is 493 g/mol. The van der Waals surface area contributed by atoms with Gasteiger partial charge in [-0.25, -0.2) is 0 Å². The number of carbonyl (C=O) groups is 2. The Balaban J connectivity index is 1.43. The maximum Gasteiger partial charge on any atom is 0.433 e. The largest absolute Gasteiger partial charge is 0.494 e. The van der Waals surface area contributed by atoms with Crippen molar-refractivity contribution in [1.82, 2.24) is 15.2 Å². The molecule has 0 bridgehead atoms. The highest BCUT2D eigenvalue weighted by molar-refractivity contribution is 5.95. The van der Waals surface area contributed by atoms with Gasteiger partial charge in [0.25, 0.3) is 11.8 Å². The lowest BCUT2D eigenvalue weighted by molar-refractivity contribution is -0.402. The second kappa shape index (κ2) is 11.0. The number of aromatic nitrogens is 1. The van der Waals surface area contributed by atoms with E-state index in [1.807, 2.05) is 44.2 Å². The Morgan fingerprint density at radius 1 is 1.17 bits per heavy atom. The molecule has 1 fully saturated rings. The highest BCUT2D eigenvalue weighted by Crippen LogP contribution is 2.31. The smallest absolute Gasteiger partial charge is 0.433 e. The van der Waals surface area contributed by atoms with E-state index in [1.165, 1.54) is 12.1 Å². The van der Waals surface area contributed by atoms with Crippen molar-refractivity contribution in [3.05, 3.63) is 86.9 Å². The maximum absolute atomic E-state index is 13.2. The van der Waals surface area contributed by atoms with Crippen LogP contribution in [0.15, 0.2) is 52.9 Å². The molecule has 0 radical (unpaired) electrons. The first-order chi connectivity index (χ1) is 17.4. The maximum atomic E-state index is 13.2. The van der Waals surface area contributed by atoms with Gasteiger partial charge in [-0.15, -0.1) is 0 Å². The number of nitrogens with one attached hydrogen (secondary N) is 1. The fourth-order valence-corrected chi connectivity index (χ4v) is 4.35. The number of aryl methyl sites for hydroxylation is 1. The zero-order valence-electron chi connectivity index (χ0n) is 20.2. The van der Waals surface area contributed by atoms with Crippen LogP contribution in [0, 0.1) is 17.0 Å². The molecule has 188 valence electrons. The zero-order valence-corrected chi connectivity index (χ0v) is 20.2. The number of nitro groups is 1. The summed E-state index contributed by atoms with van der Waals surface area (Å²) < 4.78 is 10.7. The number of rotatable bonds is 8. The molecule has 10 nitrogen and oxygen atoms in total. The summed E-state index contributed by atoms with van der Waals surface area (Å²) in [4.78, 5) is 42.3. The van der Waals surface area contributed by atoms with Gasteiger partial charge >= 0.3 is 5.88 Å². The first-order valence-corrected chi connectivity index (χ1v) is 11.9. The van der Waals surface area contributed by atoms with Crippen LogP contribution in [0.2, 0.25) is 0 Å². The molecule has 1 saturated heterocycles. The van der Waals surface area contributed by atoms with Gasteiger partial charge in [-0.05, 0) is 51.0 Å². The fourth-order valence-electron chi connectivity index (χ4n) is 4.35. The van der Waals surface area contributed by atoms with Crippen LogP contribution in [0.5, 0.6) is 5.75 Å². The number of hydrogen-bond donors (Lipinski definition) is 1. The minimum absolute atomic E-state index is 0.00338. The quantitative estimate of drug-likeness (QED) is 0.368. The topological polar surface area (TPSA) is 128 Å². The molecule has 2 amide bonds. The Kier molecular flexibility index (Phi) is 7.62. The van der Waals surface area contributed by atoms with Gasteiger partial charge in [0, 0.05) is 36.8 Å². The van der Waals surface area contributed by atoms with E-state index in [2.05, 4.69) is 10.3 Å². The third-order valence-electron chi connectivity index (χ3n) is 6.17. The molecule has 3 aromatic rings. The average Bonchev–Trinajstić information content (AvgIpc) is 3.39. The summed E-state index contributed by atoms with van der Waals surface area (Å²) in [5, 5.41) is 13.8. The molecular formula is C26H28N4O6. The summed E-state index contributed by atoms with van der Waals surface area (Å²) in [7, 11) is 0. The molecule has 2 aromatic heterocycles. The van der Waals surface area contributed by atoms with E-state index >= 15 is 0 Å². The van der Waals surface area contributed by atoms with E-state index < -0.39 is 10.8 Å². The van der Waals surface area contributed by atoms with E-state index in [9.17, 15) is 19.7 Å². The van der Waals surface area contributed by atoms with Gasteiger partial charge in [-0.3, -0.25) is 24.7 Å². The number of pyridine rings is 1. The summed E-state index contributed by atoms with van der Waals surface area (Å²) in [6.07, 6.45) is 1.22. The number of amides is 2. The Labute approximate surface area is 208 Å². The molecule has 3 heterocycles. The van der Waals surface area contributed by atoms with Gasteiger partial charge in [-0.2, -0.15) is 0 Å². The molecule has 1 aliphatic heterocycles. The van der Waals surface area contributed by atoms with Crippen LogP contribution in [0.25, 0.3) is 0 Å². The van der Waals surface area contributed by atoms with E-state index in [-0.39, 0.29) is 23.5 Å². The van der Waals surface area contributed by atoms with Crippen LogP contribution >= 0.6 is 0 Å². The standard InChI is InChI=1S/C26H28N4O6/c1-3-35-21-7-5-4-6-19(21)16-27-25(31)20-9-8-17(2)28-24(20)18-12-14-29(15-13-18)26(32)22-10-11-23(36-22)30(33)34/h4-11,18H,3,12-16H2,1-2H3,(H,27,31). The lowest BCUT2D eigenvalue weighted by atomic mass is 9.89. The molecule has 0 aliphatic carbocycles. The molecule has 10 heteroatoms. The number of carbonyl (C=O) groups excluding carboxylic acids is 2. The van der Waals surface area contributed by atoms with Crippen molar-refractivity contribution in [3.63, 3.8) is 0 Å². The number of ether oxygens (including phenoxy) is 1. The molecule has 1 aliphatic rings. The lowest BCUT2D eigenvalue weighted by Gasteiger charge is -2.32. The summed E-state index contributed by atoms with van der Waals surface area (Å²) in [5.74, 6) is -0.384. The summed E-state index contributed by atoms with van der Waals surface area (Å²) >= 11 is 0. The minimum atomic E-state index is -0.672.